The smallest absolute Gasteiger partial charge is 0.231 e. The lowest BCUT2D eigenvalue weighted by Crippen LogP contribution is -1.92. The fourth-order valence-electron chi connectivity index (χ4n) is 1.56. The number of thioether (sulfide) groups is 2. The molecule has 0 radical (unpaired) electrons. The van der Waals surface area contributed by atoms with Crippen molar-refractivity contribution < 1.29 is 14.3 Å². The monoisotopic (exact) mass is 294 g/mol. The topological polar surface area (TPSA) is 35.5 Å². The van der Waals surface area contributed by atoms with Gasteiger partial charge >= 0.3 is 0 Å². The van der Waals surface area contributed by atoms with Gasteiger partial charge in [0, 0.05) is 10.3 Å². The molecule has 0 saturated heterocycles. The van der Waals surface area contributed by atoms with Gasteiger partial charge in [0.2, 0.25) is 6.79 Å². The van der Waals surface area contributed by atoms with Crippen LogP contribution >= 0.6 is 23.5 Å². The van der Waals surface area contributed by atoms with Gasteiger partial charge in [-0.1, -0.05) is 12.1 Å². The van der Waals surface area contributed by atoms with Crippen LogP contribution in [0.25, 0.3) is 6.08 Å². The van der Waals surface area contributed by atoms with Crippen LogP contribution in [0, 0.1) is 0 Å². The number of ether oxygens (including phenoxy) is 2. The van der Waals surface area contributed by atoms with Crippen LogP contribution in [0.15, 0.2) is 34.6 Å². The van der Waals surface area contributed by atoms with Crippen molar-refractivity contribution in [1.29, 1.82) is 0 Å². The average molecular weight is 294 g/mol. The molecule has 1 heterocycles. The molecule has 3 nitrogen and oxygen atoms in total. The van der Waals surface area contributed by atoms with Crippen molar-refractivity contribution in [2.45, 2.75) is 0 Å². The second-order valence-electron chi connectivity index (χ2n) is 3.72. The SMILES string of the molecule is CSC(=CC(=O)/C=C/c1ccc2c(c1)OCO2)SC. The molecule has 0 unspecified atom stereocenters. The molecule has 1 aromatic rings. The predicted molar refractivity (Wildman–Crippen MR) is 81.7 cm³/mol. The Morgan fingerprint density at radius 2 is 1.95 bits per heavy atom. The number of allylic oxidation sites excluding steroid dienone is 2. The van der Waals surface area contributed by atoms with Gasteiger partial charge in [-0.25, -0.2) is 0 Å². The molecule has 0 fully saturated rings. The molecule has 5 heteroatoms. The van der Waals surface area contributed by atoms with E-state index in [1.54, 1.807) is 41.8 Å². The van der Waals surface area contributed by atoms with E-state index in [4.69, 9.17) is 9.47 Å². The number of rotatable bonds is 5. The van der Waals surface area contributed by atoms with Crippen LogP contribution in [0.1, 0.15) is 5.56 Å². The van der Waals surface area contributed by atoms with E-state index in [-0.39, 0.29) is 12.6 Å². The quantitative estimate of drug-likeness (QED) is 0.776. The first-order valence-electron chi connectivity index (χ1n) is 5.64. The third-order valence-electron chi connectivity index (χ3n) is 2.50. The lowest BCUT2D eigenvalue weighted by atomic mass is 10.1. The molecule has 19 heavy (non-hydrogen) atoms. The zero-order chi connectivity index (χ0) is 13.7. The predicted octanol–water partition coefficient (Wildman–Crippen LogP) is 3.57. The zero-order valence-corrected chi connectivity index (χ0v) is 12.3. The van der Waals surface area contributed by atoms with E-state index in [9.17, 15) is 4.79 Å². The lowest BCUT2D eigenvalue weighted by molar-refractivity contribution is -0.110. The zero-order valence-electron chi connectivity index (χ0n) is 10.7. The lowest BCUT2D eigenvalue weighted by Gasteiger charge is -1.98. The molecule has 0 N–H and O–H groups in total. The highest BCUT2D eigenvalue weighted by Crippen LogP contribution is 2.32. The van der Waals surface area contributed by atoms with Crippen molar-refractivity contribution in [3.63, 3.8) is 0 Å². The minimum Gasteiger partial charge on any atom is -0.454 e. The van der Waals surface area contributed by atoms with Crippen LogP contribution in [0.3, 0.4) is 0 Å². The van der Waals surface area contributed by atoms with Crippen molar-refractivity contribution >= 4 is 35.4 Å². The number of benzene rings is 1. The van der Waals surface area contributed by atoms with Gasteiger partial charge in [0.25, 0.3) is 0 Å². The fourth-order valence-corrected chi connectivity index (χ4v) is 2.70. The molecule has 0 spiro atoms. The van der Waals surface area contributed by atoms with Crippen LogP contribution < -0.4 is 9.47 Å². The molecule has 0 aromatic heterocycles. The third-order valence-corrected chi connectivity index (χ3v) is 4.54. The molecule has 100 valence electrons. The Morgan fingerprint density at radius 3 is 2.68 bits per heavy atom. The number of fused-ring (bicyclic) bond motifs is 1. The molecule has 0 amide bonds. The summed E-state index contributed by atoms with van der Waals surface area (Å²) in [6.07, 6.45) is 8.89. The first-order chi connectivity index (χ1) is 9.22. The highest BCUT2D eigenvalue weighted by atomic mass is 32.2. The molecule has 1 aromatic carbocycles. The number of hydrogen-bond acceptors (Lipinski definition) is 5. The highest BCUT2D eigenvalue weighted by molar-refractivity contribution is 8.21. The van der Waals surface area contributed by atoms with E-state index in [2.05, 4.69) is 0 Å². The Morgan fingerprint density at radius 1 is 1.21 bits per heavy atom. The molecule has 1 aliphatic rings. The summed E-state index contributed by atoms with van der Waals surface area (Å²) in [4.78, 5) is 11.7. The van der Waals surface area contributed by atoms with E-state index in [1.165, 1.54) is 0 Å². The third kappa shape index (κ3) is 3.81. The fraction of sp³-hybridized carbons (Fsp3) is 0.214. The van der Waals surface area contributed by atoms with Crippen LogP contribution in [-0.4, -0.2) is 25.1 Å². The molecular weight excluding hydrogens is 280 g/mol. The Kier molecular flexibility index (Phi) is 4.99. The van der Waals surface area contributed by atoms with Gasteiger partial charge in [-0.15, -0.1) is 23.5 Å². The van der Waals surface area contributed by atoms with E-state index < -0.39 is 0 Å². The molecule has 0 bridgehead atoms. The summed E-state index contributed by atoms with van der Waals surface area (Å²) >= 11 is 3.14. The number of carbonyl (C=O) groups is 1. The van der Waals surface area contributed by atoms with Crippen molar-refractivity contribution in [3.05, 3.63) is 40.2 Å². The molecule has 0 saturated carbocycles. The standard InChI is InChI=1S/C14H14O3S2/c1-18-14(19-2)8-11(15)5-3-10-4-6-12-13(7-10)17-9-16-12/h3-8H,9H2,1-2H3/b5-3+. The van der Waals surface area contributed by atoms with Gasteiger partial charge in [0.15, 0.2) is 17.3 Å². The maximum Gasteiger partial charge on any atom is 0.231 e. The first-order valence-corrected chi connectivity index (χ1v) is 8.09. The van der Waals surface area contributed by atoms with E-state index in [0.717, 1.165) is 21.3 Å². The summed E-state index contributed by atoms with van der Waals surface area (Å²) in [5, 5.41) is 0. The Bertz CT molecular complexity index is 529. The summed E-state index contributed by atoms with van der Waals surface area (Å²) < 4.78 is 11.5. The highest BCUT2D eigenvalue weighted by Gasteiger charge is 2.12. The van der Waals surface area contributed by atoms with Crippen LogP contribution in [0.5, 0.6) is 11.5 Å². The van der Waals surface area contributed by atoms with Crippen molar-refractivity contribution in [1.82, 2.24) is 0 Å². The summed E-state index contributed by atoms with van der Waals surface area (Å²) in [5.74, 6) is 1.45. The van der Waals surface area contributed by atoms with Crippen LogP contribution in [0.2, 0.25) is 0 Å². The summed E-state index contributed by atoms with van der Waals surface area (Å²) in [6, 6.07) is 5.60. The normalized spacial score (nSPS) is 12.7. The number of carbonyl (C=O) groups excluding carboxylic acids is 1. The molecule has 0 atom stereocenters. The molecular formula is C14H14O3S2. The van der Waals surface area contributed by atoms with Gasteiger partial charge in [0.1, 0.15) is 0 Å². The molecule has 0 aliphatic carbocycles. The second-order valence-corrected chi connectivity index (χ2v) is 5.67. The van der Waals surface area contributed by atoms with Crippen molar-refractivity contribution in [2.75, 3.05) is 19.3 Å². The average Bonchev–Trinajstić information content (AvgIpc) is 2.89. The maximum atomic E-state index is 11.7. The Balaban J connectivity index is 2.06. The summed E-state index contributed by atoms with van der Waals surface area (Å²) in [5.41, 5.74) is 0.917. The molecule has 1 aliphatic heterocycles. The van der Waals surface area contributed by atoms with Gasteiger partial charge < -0.3 is 9.47 Å². The second kappa shape index (κ2) is 6.73. The maximum absolute atomic E-state index is 11.7. The van der Waals surface area contributed by atoms with Gasteiger partial charge in [0.05, 0.1) is 0 Å². The van der Waals surface area contributed by atoms with Gasteiger partial charge in [-0.2, -0.15) is 0 Å². The minimum atomic E-state index is -0.0173. The van der Waals surface area contributed by atoms with Gasteiger partial charge in [-0.05, 0) is 36.3 Å². The van der Waals surface area contributed by atoms with Gasteiger partial charge in [-0.3, -0.25) is 4.79 Å². The van der Waals surface area contributed by atoms with E-state index in [1.807, 2.05) is 30.7 Å². The largest absolute Gasteiger partial charge is 0.454 e. The van der Waals surface area contributed by atoms with E-state index in [0.29, 0.717) is 0 Å². The summed E-state index contributed by atoms with van der Waals surface area (Å²) in [6.45, 7) is 0.259. The Hall–Kier alpha value is -1.33. The first kappa shape index (κ1) is 14.1. The van der Waals surface area contributed by atoms with Crippen LogP contribution in [0.4, 0.5) is 0 Å². The van der Waals surface area contributed by atoms with Crippen molar-refractivity contribution in [3.8, 4) is 11.5 Å². The number of hydrogen-bond donors (Lipinski definition) is 0. The van der Waals surface area contributed by atoms with Crippen LogP contribution in [-0.2, 0) is 4.79 Å². The van der Waals surface area contributed by atoms with Crippen molar-refractivity contribution in [2.24, 2.45) is 0 Å². The minimum absolute atomic E-state index is 0.0173. The number of ketones is 1. The summed E-state index contributed by atoms with van der Waals surface area (Å²) in [7, 11) is 0. The van der Waals surface area contributed by atoms with E-state index >= 15 is 0 Å². The Labute approximate surface area is 121 Å². The molecule has 2 rings (SSSR count).